The molecule has 1 N–H and O–H groups in total. The van der Waals surface area contributed by atoms with E-state index in [4.69, 9.17) is 0 Å². The Morgan fingerprint density at radius 2 is 1.92 bits per heavy atom. The lowest BCUT2D eigenvalue weighted by molar-refractivity contribution is 0.752. The van der Waals surface area contributed by atoms with E-state index in [0.717, 1.165) is 13.1 Å². The van der Waals surface area contributed by atoms with Gasteiger partial charge in [-0.2, -0.15) is 0 Å². The molecule has 1 heteroatoms. The average molecular weight is 175 g/mol. The summed E-state index contributed by atoms with van der Waals surface area (Å²) in [4.78, 5) is 0. The maximum atomic E-state index is 3.67. The van der Waals surface area contributed by atoms with Crippen LogP contribution in [0.4, 0.5) is 0 Å². The Hall–Kier alpha value is -1.08. The van der Waals surface area contributed by atoms with Crippen LogP contribution >= 0.6 is 0 Å². The third kappa shape index (κ3) is 2.71. The second kappa shape index (κ2) is 4.83. The summed E-state index contributed by atoms with van der Waals surface area (Å²) in [5, 5.41) is 3.31. The second-order valence-electron chi connectivity index (χ2n) is 3.29. The first kappa shape index (κ1) is 10.0. The molecule has 0 saturated heterocycles. The highest BCUT2D eigenvalue weighted by atomic mass is 14.8. The fraction of sp³-hybridized carbons (Fsp3) is 0.333. The zero-order valence-corrected chi connectivity index (χ0v) is 8.43. The van der Waals surface area contributed by atoms with Crippen LogP contribution in [0.3, 0.4) is 0 Å². The van der Waals surface area contributed by atoms with Crippen LogP contribution in [0.5, 0.6) is 0 Å². The van der Waals surface area contributed by atoms with Crippen LogP contribution in [0.15, 0.2) is 30.9 Å². The topological polar surface area (TPSA) is 12.0 Å². The molecule has 0 radical (unpaired) electrons. The van der Waals surface area contributed by atoms with Crippen LogP contribution in [0.25, 0.3) is 0 Å². The Morgan fingerprint density at radius 1 is 1.31 bits per heavy atom. The van der Waals surface area contributed by atoms with Crippen molar-refractivity contribution < 1.29 is 0 Å². The normalized spacial score (nSPS) is 10.0. The molecule has 0 fully saturated rings. The molecule has 0 unspecified atom stereocenters. The Balaban J connectivity index is 2.69. The van der Waals surface area contributed by atoms with E-state index in [1.54, 1.807) is 0 Å². The van der Waals surface area contributed by atoms with Gasteiger partial charge in [-0.15, -0.1) is 6.58 Å². The van der Waals surface area contributed by atoms with Crippen molar-refractivity contribution in [1.29, 1.82) is 0 Å². The van der Waals surface area contributed by atoms with Gasteiger partial charge in [0.15, 0.2) is 0 Å². The van der Waals surface area contributed by atoms with Crippen molar-refractivity contribution in [3.05, 3.63) is 47.5 Å². The number of rotatable bonds is 4. The van der Waals surface area contributed by atoms with Crippen LogP contribution in [-0.2, 0) is 6.54 Å². The number of nitrogens with one attached hydrogen (secondary N) is 1. The first-order valence-electron chi connectivity index (χ1n) is 4.62. The summed E-state index contributed by atoms with van der Waals surface area (Å²) in [7, 11) is 0. The van der Waals surface area contributed by atoms with Crippen LogP contribution in [0, 0.1) is 13.8 Å². The molecule has 0 atom stereocenters. The van der Waals surface area contributed by atoms with Gasteiger partial charge in [0.25, 0.3) is 0 Å². The molecule has 1 rings (SSSR count). The zero-order valence-electron chi connectivity index (χ0n) is 8.43. The van der Waals surface area contributed by atoms with Crippen molar-refractivity contribution in [2.75, 3.05) is 6.54 Å². The highest BCUT2D eigenvalue weighted by Gasteiger charge is 1.99. The molecular formula is C12H17N. The van der Waals surface area contributed by atoms with Gasteiger partial charge in [-0.05, 0) is 30.5 Å². The van der Waals surface area contributed by atoms with Gasteiger partial charge in [0.2, 0.25) is 0 Å². The van der Waals surface area contributed by atoms with E-state index in [0.29, 0.717) is 0 Å². The van der Waals surface area contributed by atoms with Gasteiger partial charge in [-0.3, -0.25) is 0 Å². The first-order valence-corrected chi connectivity index (χ1v) is 4.62. The highest BCUT2D eigenvalue weighted by molar-refractivity contribution is 5.33. The lowest BCUT2D eigenvalue weighted by Crippen LogP contribution is -2.14. The molecule has 0 bridgehead atoms. The van der Waals surface area contributed by atoms with E-state index in [1.165, 1.54) is 16.7 Å². The second-order valence-corrected chi connectivity index (χ2v) is 3.29. The Labute approximate surface area is 80.5 Å². The Kier molecular flexibility index (Phi) is 3.71. The quantitative estimate of drug-likeness (QED) is 0.548. The molecule has 0 amide bonds. The van der Waals surface area contributed by atoms with E-state index >= 15 is 0 Å². The van der Waals surface area contributed by atoms with Crippen molar-refractivity contribution >= 4 is 0 Å². The summed E-state index contributed by atoms with van der Waals surface area (Å²) < 4.78 is 0. The Bertz CT molecular complexity index is 269. The first-order chi connectivity index (χ1) is 6.25. The van der Waals surface area contributed by atoms with E-state index in [9.17, 15) is 0 Å². The third-order valence-electron chi connectivity index (χ3n) is 2.23. The fourth-order valence-electron chi connectivity index (χ4n) is 1.43. The van der Waals surface area contributed by atoms with Crippen molar-refractivity contribution in [1.82, 2.24) is 5.32 Å². The minimum Gasteiger partial charge on any atom is -0.309 e. The van der Waals surface area contributed by atoms with E-state index in [-0.39, 0.29) is 0 Å². The number of hydrogen-bond acceptors (Lipinski definition) is 1. The summed E-state index contributed by atoms with van der Waals surface area (Å²) in [6.07, 6.45) is 1.88. The molecule has 0 saturated carbocycles. The minimum absolute atomic E-state index is 0.869. The molecule has 0 aliphatic rings. The van der Waals surface area contributed by atoms with Gasteiger partial charge in [0.05, 0.1) is 0 Å². The molecule has 70 valence electrons. The summed E-state index contributed by atoms with van der Waals surface area (Å²) in [6.45, 7) is 9.78. The predicted octanol–water partition coefficient (Wildman–Crippen LogP) is 2.58. The lowest BCUT2D eigenvalue weighted by Gasteiger charge is -2.09. The number of benzene rings is 1. The fourth-order valence-corrected chi connectivity index (χ4v) is 1.43. The molecule has 0 aliphatic heterocycles. The van der Waals surface area contributed by atoms with Crippen LogP contribution in [0.2, 0.25) is 0 Å². The number of aryl methyl sites for hydroxylation is 2. The maximum Gasteiger partial charge on any atom is 0.0213 e. The molecule has 1 aromatic rings. The summed E-state index contributed by atoms with van der Waals surface area (Å²) in [5.41, 5.74) is 4.12. The molecule has 1 nitrogen and oxygen atoms in total. The van der Waals surface area contributed by atoms with Gasteiger partial charge in [0.1, 0.15) is 0 Å². The van der Waals surface area contributed by atoms with E-state index in [1.807, 2.05) is 6.08 Å². The van der Waals surface area contributed by atoms with Crippen molar-refractivity contribution in [2.24, 2.45) is 0 Å². The van der Waals surface area contributed by atoms with Gasteiger partial charge < -0.3 is 5.32 Å². The van der Waals surface area contributed by atoms with Gasteiger partial charge in [0, 0.05) is 13.1 Å². The van der Waals surface area contributed by atoms with E-state index in [2.05, 4.69) is 43.9 Å². The molecule has 1 aromatic carbocycles. The van der Waals surface area contributed by atoms with Crippen LogP contribution < -0.4 is 5.32 Å². The average Bonchev–Trinajstić information content (AvgIpc) is 2.10. The van der Waals surface area contributed by atoms with Crippen molar-refractivity contribution in [2.45, 2.75) is 20.4 Å². The molecular weight excluding hydrogens is 158 g/mol. The Morgan fingerprint density at radius 3 is 2.46 bits per heavy atom. The summed E-state index contributed by atoms with van der Waals surface area (Å²) >= 11 is 0. The van der Waals surface area contributed by atoms with Crippen molar-refractivity contribution in [3.63, 3.8) is 0 Å². The SMILES string of the molecule is C=CCNCc1c(C)cccc1C. The minimum atomic E-state index is 0.869. The summed E-state index contributed by atoms with van der Waals surface area (Å²) in [5.74, 6) is 0. The zero-order chi connectivity index (χ0) is 9.68. The van der Waals surface area contributed by atoms with Gasteiger partial charge >= 0.3 is 0 Å². The molecule has 0 aromatic heterocycles. The molecule has 0 spiro atoms. The lowest BCUT2D eigenvalue weighted by atomic mass is 10.0. The highest BCUT2D eigenvalue weighted by Crippen LogP contribution is 2.12. The van der Waals surface area contributed by atoms with Crippen LogP contribution in [-0.4, -0.2) is 6.54 Å². The van der Waals surface area contributed by atoms with Crippen molar-refractivity contribution in [3.8, 4) is 0 Å². The monoisotopic (exact) mass is 175 g/mol. The predicted molar refractivity (Wildman–Crippen MR) is 57.8 cm³/mol. The largest absolute Gasteiger partial charge is 0.309 e. The van der Waals surface area contributed by atoms with E-state index < -0.39 is 0 Å². The maximum absolute atomic E-state index is 3.67. The molecule has 13 heavy (non-hydrogen) atoms. The summed E-state index contributed by atoms with van der Waals surface area (Å²) in [6, 6.07) is 6.40. The van der Waals surface area contributed by atoms with Crippen LogP contribution in [0.1, 0.15) is 16.7 Å². The van der Waals surface area contributed by atoms with Gasteiger partial charge in [-0.25, -0.2) is 0 Å². The standard InChI is InChI=1S/C12H17N/c1-4-8-13-9-12-10(2)6-5-7-11(12)3/h4-7,13H,1,8-9H2,2-3H3. The van der Waals surface area contributed by atoms with Gasteiger partial charge in [-0.1, -0.05) is 24.3 Å². The molecule has 0 heterocycles. The third-order valence-corrected chi connectivity index (χ3v) is 2.23. The molecule has 0 aliphatic carbocycles. The smallest absolute Gasteiger partial charge is 0.0213 e. The number of hydrogen-bond donors (Lipinski definition) is 1.